The second-order valence-electron chi connectivity index (χ2n) is 4.86. The van der Waals surface area contributed by atoms with E-state index < -0.39 is 9.05 Å². The van der Waals surface area contributed by atoms with Gasteiger partial charge in [0.15, 0.2) is 0 Å². The Morgan fingerprint density at radius 1 is 1.45 bits per heavy atom. The Morgan fingerprint density at radius 3 is 2.85 bits per heavy atom. The molecule has 0 saturated carbocycles. The van der Waals surface area contributed by atoms with Crippen LogP contribution in [0.4, 0.5) is 0 Å². The molecule has 20 heavy (non-hydrogen) atoms. The molecule has 1 aliphatic rings. The predicted octanol–water partition coefficient (Wildman–Crippen LogP) is 1.48. The van der Waals surface area contributed by atoms with Crippen molar-refractivity contribution in [1.29, 1.82) is 5.26 Å². The molecule has 1 aliphatic heterocycles. The molecule has 1 atom stereocenters. The lowest BCUT2D eigenvalue weighted by Crippen LogP contribution is -2.25. The molecule has 1 amide bonds. The molecule has 1 heterocycles. The van der Waals surface area contributed by atoms with Crippen molar-refractivity contribution in [3.63, 3.8) is 0 Å². The molecular formula is C13H13ClN2O3S. The Kier molecular flexibility index (Phi) is 4.31. The maximum absolute atomic E-state index is 11.9. The van der Waals surface area contributed by atoms with Crippen molar-refractivity contribution in [1.82, 2.24) is 4.90 Å². The molecular weight excluding hydrogens is 300 g/mol. The van der Waals surface area contributed by atoms with Crippen molar-refractivity contribution in [2.45, 2.75) is 13.0 Å². The number of likely N-dealkylation sites (tertiary alicyclic amines) is 1. The zero-order valence-corrected chi connectivity index (χ0v) is 12.2. The van der Waals surface area contributed by atoms with Gasteiger partial charge in [-0.3, -0.25) is 4.79 Å². The monoisotopic (exact) mass is 312 g/mol. The third-order valence-electron chi connectivity index (χ3n) is 3.16. The summed E-state index contributed by atoms with van der Waals surface area (Å²) in [6.07, 6.45) is 0.198. The van der Waals surface area contributed by atoms with Crippen molar-refractivity contribution < 1.29 is 13.2 Å². The van der Waals surface area contributed by atoms with Gasteiger partial charge in [0, 0.05) is 36.1 Å². The highest BCUT2D eigenvalue weighted by Crippen LogP contribution is 2.22. The summed E-state index contributed by atoms with van der Waals surface area (Å²) in [6.45, 7) is 0.759. The van der Waals surface area contributed by atoms with Crippen LogP contribution in [-0.2, 0) is 20.4 Å². The fourth-order valence-corrected chi connectivity index (χ4v) is 3.68. The Labute approximate surface area is 122 Å². The van der Waals surface area contributed by atoms with E-state index in [0.717, 1.165) is 5.56 Å². The fraction of sp³-hybridized carbons (Fsp3) is 0.385. The van der Waals surface area contributed by atoms with Crippen molar-refractivity contribution in [3.8, 4) is 6.07 Å². The van der Waals surface area contributed by atoms with Crippen LogP contribution in [-0.4, -0.2) is 31.5 Å². The van der Waals surface area contributed by atoms with Gasteiger partial charge in [-0.25, -0.2) is 8.42 Å². The van der Waals surface area contributed by atoms with Gasteiger partial charge < -0.3 is 4.90 Å². The van der Waals surface area contributed by atoms with Crippen molar-refractivity contribution in [2.24, 2.45) is 5.92 Å². The second-order valence-corrected chi connectivity index (χ2v) is 7.68. The minimum absolute atomic E-state index is 0.0855. The Bertz CT molecular complexity index is 666. The van der Waals surface area contributed by atoms with E-state index in [2.05, 4.69) is 0 Å². The van der Waals surface area contributed by atoms with E-state index >= 15 is 0 Å². The van der Waals surface area contributed by atoms with Crippen LogP contribution in [0.25, 0.3) is 0 Å². The lowest BCUT2D eigenvalue weighted by Gasteiger charge is -2.16. The molecule has 0 N–H and O–H groups in total. The summed E-state index contributed by atoms with van der Waals surface area (Å²) in [4.78, 5) is 13.5. The second kappa shape index (κ2) is 5.81. The maximum Gasteiger partial charge on any atom is 0.232 e. The number of hydrogen-bond donors (Lipinski definition) is 0. The number of carbonyl (C=O) groups is 1. The summed E-state index contributed by atoms with van der Waals surface area (Å²) in [7, 11) is 1.63. The van der Waals surface area contributed by atoms with Gasteiger partial charge in [0.1, 0.15) is 0 Å². The van der Waals surface area contributed by atoms with Crippen LogP contribution in [0.1, 0.15) is 17.5 Å². The largest absolute Gasteiger partial charge is 0.338 e. The SMILES string of the molecule is N#Cc1cccc(CN2CC(CS(=O)(=O)Cl)CC2=O)c1. The van der Waals surface area contributed by atoms with Gasteiger partial charge >= 0.3 is 0 Å². The zero-order chi connectivity index (χ0) is 14.8. The molecule has 2 rings (SSSR count). The number of nitriles is 1. The summed E-state index contributed by atoms with van der Waals surface area (Å²) in [6, 6.07) is 9.05. The van der Waals surface area contributed by atoms with Gasteiger partial charge in [0.2, 0.25) is 15.0 Å². The smallest absolute Gasteiger partial charge is 0.232 e. The molecule has 106 valence electrons. The van der Waals surface area contributed by atoms with Gasteiger partial charge in [-0.1, -0.05) is 12.1 Å². The lowest BCUT2D eigenvalue weighted by molar-refractivity contribution is -0.128. The molecule has 1 unspecified atom stereocenters. The first-order valence-electron chi connectivity index (χ1n) is 6.06. The summed E-state index contributed by atoms with van der Waals surface area (Å²) >= 11 is 0. The van der Waals surface area contributed by atoms with Crippen LogP contribution >= 0.6 is 10.7 Å². The number of nitrogens with zero attached hydrogens (tertiary/aromatic N) is 2. The van der Waals surface area contributed by atoms with E-state index in [-0.39, 0.29) is 24.0 Å². The molecule has 0 aliphatic carbocycles. The third kappa shape index (κ3) is 3.95. The highest BCUT2D eigenvalue weighted by atomic mass is 35.7. The molecule has 0 aromatic heterocycles. The van der Waals surface area contributed by atoms with Crippen molar-refractivity contribution in [3.05, 3.63) is 35.4 Å². The van der Waals surface area contributed by atoms with E-state index in [0.29, 0.717) is 18.7 Å². The fourth-order valence-electron chi connectivity index (χ4n) is 2.36. The topological polar surface area (TPSA) is 78.2 Å². The maximum atomic E-state index is 11.9. The molecule has 0 radical (unpaired) electrons. The average Bonchev–Trinajstić information content (AvgIpc) is 2.67. The molecule has 1 saturated heterocycles. The minimum atomic E-state index is -3.59. The summed E-state index contributed by atoms with van der Waals surface area (Å²) in [5.41, 5.74) is 1.39. The van der Waals surface area contributed by atoms with E-state index in [9.17, 15) is 13.2 Å². The first kappa shape index (κ1) is 14.8. The van der Waals surface area contributed by atoms with Gasteiger partial charge in [0.25, 0.3) is 0 Å². The predicted molar refractivity (Wildman–Crippen MR) is 74.3 cm³/mol. The highest BCUT2D eigenvalue weighted by Gasteiger charge is 2.32. The van der Waals surface area contributed by atoms with Crippen LogP contribution < -0.4 is 0 Å². The number of halogens is 1. The van der Waals surface area contributed by atoms with Gasteiger partial charge in [-0.05, 0) is 17.7 Å². The van der Waals surface area contributed by atoms with Crippen LogP contribution in [0.3, 0.4) is 0 Å². The van der Waals surface area contributed by atoms with Crippen LogP contribution in [0.2, 0.25) is 0 Å². The van der Waals surface area contributed by atoms with Crippen molar-refractivity contribution in [2.75, 3.05) is 12.3 Å². The number of rotatable bonds is 4. The average molecular weight is 313 g/mol. The number of hydrogen-bond acceptors (Lipinski definition) is 4. The normalized spacial score (nSPS) is 19.1. The van der Waals surface area contributed by atoms with E-state index in [1.165, 1.54) is 0 Å². The first-order valence-corrected chi connectivity index (χ1v) is 8.54. The van der Waals surface area contributed by atoms with Gasteiger partial charge in [-0.15, -0.1) is 0 Å². The molecule has 7 heteroatoms. The molecule has 0 spiro atoms. The molecule has 5 nitrogen and oxygen atoms in total. The molecule has 0 bridgehead atoms. The molecule has 1 aromatic rings. The summed E-state index contributed by atoms with van der Waals surface area (Å²) < 4.78 is 22.1. The molecule has 1 fully saturated rings. The Morgan fingerprint density at radius 2 is 2.20 bits per heavy atom. The minimum Gasteiger partial charge on any atom is -0.338 e. The van der Waals surface area contributed by atoms with Gasteiger partial charge in [-0.2, -0.15) is 5.26 Å². The van der Waals surface area contributed by atoms with Crippen molar-refractivity contribution >= 4 is 25.6 Å². The Balaban J connectivity index is 2.03. The zero-order valence-electron chi connectivity index (χ0n) is 10.6. The first-order chi connectivity index (χ1) is 9.37. The van der Waals surface area contributed by atoms with Gasteiger partial charge in [0.05, 0.1) is 17.4 Å². The lowest BCUT2D eigenvalue weighted by atomic mass is 10.1. The van der Waals surface area contributed by atoms with E-state index in [4.69, 9.17) is 15.9 Å². The van der Waals surface area contributed by atoms with E-state index in [1.807, 2.05) is 12.1 Å². The molecule has 1 aromatic carbocycles. The van der Waals surface area contributed by atoms with Crippen LogP contribution in [0, 0.1) is 17.2 Å². The summed E-state index contributed by atoms with van der Waals surface area (Å²) in [5, 5.41) is 8.83. The Hall–Kier alpha value is -1.58. The highest BCUT2D eigenvalue weighted by molar-refractivity contribution is 8.13. The van der Waals surface area contributed by atoms with E-state index in [1.54, 1.807) is 23.1 Å². The van der Waals surface area contributed by atoms with Crippen LogP contribution in [0.5, 0.6) is 0 Å². The number of carbonyl (C=O) groups excluding carboxylic acids is 1. The quantitative estimate of drug-likeness (QED) is 0.789. The summed E-state index contributed by atoms with van der Waals surface area (Å²) in [5.74, 6) is -0.531. The number of amides is 1. The third-order valence-corrected chi connectivity index (χ3v) is 4.41. The number of benzene rings is 1. The van der Waals surface area contributed by atoms with Crippen LogP contribution in [0.15, 0.2) is 24.3 Å². The standard InChI is InChI=1S/C13H13ClN2O3S/c14-20(18,19)9-12-5-13(17)16(8-12)7-11-3-1-2-10(4-11)6-15/h1-4,12H,5,7-9H2.